The van der Waals surface area contributed by atoms with Gasteiger partial charge in [0.05, 0.1) is 42.4 Å². The number of hydrogen-bond donors (Lipinski definition) is 0. The number of nitrogens with zero attached hydrogens (tertiary/aromatic N) is 4. The number of ether oxygens (including phenoxy) is 4. The van der Waals surface area contributed by atoms with E-state index in [2.05, 4.69) is 25.0 Å². The molecule has 0 bridgehead atoms. The van der Waals surface area contributed by atoms with Gasteiger partial charge in [0.15, 0.2) is 0 Å². The van der Waals surface area contributed by atoms with Crippen LogP contribution in [-0.2, 0) is 19.1 Å². The summed E-state index contributed by atoms with van der Waals surface area (Å²) < 4.78 is 31.5. The molecule has 0 N–H and O–H groups in total. The number of methoxy groups -OCH3 is 2. The van der Waals surface area contributed by atoms with Crippen LogP contribution < -0.4 is 9.47 Å². The highest BCUT2D eigenvalue weighted by Gasteiger charge is 2.44. The van der Waals surface area contributed by atoms with E-state index in [1.165, 1.54) is 20.3 Å². The summed E-state index contributed by atoms with van der Waals surface area (Å²) in [7, 11) is 2.76. The lowest BCUT2D eigenvalue weighted by Gasteiger charge is -2.11. The van der Waals surface area contributed by atoms with Gasteiger partial charge in [-0.1, -0.05) is 57.8 Å². The summed E-state index contributed by atoms with van der Waals surface area (Å²) >= 11 is 12.6. The summed E-state index contributed by atoms with van der Waals surface area (Å²) in [6.45, 7) is 7.76. The first-order valence-electron chi connectivity index (χ1n) is 18.1. The normalized spacial score (nSPS) is 14.6. The van der Waals surface area contributed by atoms with Crippen LogP contribution in [0.5, 0.6) is 11.5 Å². The van der Waals surface area contributed by atoms with Crippen LogP contribution in [0.3, 0.4) is 0 Å². The molecule has 6 aromatic rings. The number of esters is 2. The fourth-order valence-corrected chi connectivity index (χ4v) is 6.16. The predicted molar refractivity (Wildman–Crippen MR) is 216 cm³/mol. The van der Waals surface area contributed by atoms with Crippen LogP contribution in [-0.4, -0.2) is 58.6 Å². The van der Waals surface area contributed by atoms with Crippen molar-refractivity contribution in [2.24, 2.45) is 5.92 Å². The average Bonchev–Trinajstić information content (AvgIpc) is 3.58. The van der Waals surface area contributed by atoms with Gasteiger partial charge in [0, 0.05) is 28.3 Å². The van der Waals surface area contributed by atoms with Crippen LogP contribution in [0.2, 0.25) is 10.0 Å². The number of halogens is 2. The molecular formula is C43H40Cl2N4O8. The second-order valence-corrected chi connectivity index (χ2v) is 14.4. The van der Waals surface area contributed by atoms with E-state index in [-0.39, 0.29) is 30.0 Å². The van der Waals surface area contributed by atoms with Crippen molar-refractivity contribution in [2.75, 3.05) is 14.2 Å². The van der Waals surface area contributed by atoms with E-state index in [0.717, 1.165) is 39.8 Å². The Morgan fingerprint density at radius 1 is 0.684 bits per heavy atom. The molecule has 2 atom stereocenters. The number of hydrogen-bond acceptors (Lipinski definition) is 12. The van der Waals surface area contributed by atoms with Crippen LogP contribution in [0, 0.1) is 5.92 Å². The van der Waals surface area contributed by atoms with Crippen molar-refractivity contribution in [3.63, 3.8) is 0 Å². The lowest BCUT2D eigenvalue weighted by Crippen LogP contribution is -2.05. The quantitative estimate of drug-likeness (QED) is 0.0855. The second-order valence-electron chi connectivity index (χ2n) is 13.5. The van der Waals surface area contributed by atoms with Crippen LogP contribution in [0.25, 0.3) is 51.8 Å². The van der Waals surface area contributed by atoms with Gasteiger partial charge in [-0.05, 0) is 118 Å². The van der Waals surface area contributed by atoms with Gasteiger partial charge >= 0.3 is 11.9 Å². The molecule has 57 heavy (non-hydrogen) atoms. The number of aromatic nitrogens is 4. The van der Waals surface area contributed by atoms with Gasteiger partial charge in [-0.15, -0.1) is 0 Å². The van der Waals surface area contributed by atoms with E-state index in [9.17, 15) is 9.59 Å². The minimum atomic E-state index is -0.408. The Morgan fingerprint density at radius 3 is 1.60 bits per heavy atom. The first-order valence-corrected chi connectivity index (χ1v) is 18.8. The molecule has 4 aromatic carbocycles. The molecule has 14 heteroatoms. The van der Waals surface area contributed by atoms with Gasteiger partial charge in [-0.25, -0.2) is 4.79 Å². The van der Waals surface area contributed by atoms with Crippen molar-refractivity contribution in [3.05, 3.63) is 112 Å². The highest BCUT2D eigenvalue weighted by atomic mass is 35.5. The molecule has 2 aromatic heterocycles. The Morgan fingerprint density at radius 2 is 1.16 bits per heavy atom. The molecule has 0 unspecified atom stereocenters. The van der Waals surface area contributed by atoms with Crippen LogP contribution in [0.15, 0.2) is 100 Å². The fourth-order valence-electron chi connectivity index (χ4n) is 5.71. The standard InChI is InChI=1S/C22H21ClN2O4.C21H19ClN2O4/c1-12(2)28-19-9-8-15(10-18(19)23)20-24-21(29-25-20)14-6-4-13(5-7-14)16-11-17(16)22(26)27-3;1-13(2)27-18-10-9-16(12-17(18)22)20-23-21(28-24-20)15-7-4-14(5-8-15)6-11-19(25)26-3/h4-10,12,16-17H,11H2,1-3H3;4-13H,1-3H3/b;11-6-/t16-,17+;/m0./s1. The molecule has 0 aliphatic heterocycles. The smallest absolute Gasteiger partial charge is 0.330 e. The molecule has 0 spiro atoms. The maximum absolute atomic E-state index is 11.6. The van der Waals surface area contributed by atoms with E-state index in [1.54, 1.807) is 30.3 Å². The molecule has 0 radical (unpaired) electrons. The maximum Gasteiger partial charge on any atom is 0.330 e. The maximum atomic E-state index is 11.6. The minimum absolute atomic E-state index is 0.0329. The molecular weight excluding hydrogens is 771 g/mol. The number of rotatable bonds is 12. The summed E-state index contributed by atoms with van der Waals surface area (Å²) in [5, 5.41) is 9.07. The SMILES string of the molecule is COC(=O)/C=C\c1ccc(-c2nc(-c3ccc(OC(C)C)c(Cl)c3)no2)cc1.COC(=O)[C@@H]1C[C@H]1c1ccc(-c2nc(-c3ccc(OC(C)C)c(Cl)c3)no2)cc1. The lowest BCUT2D eigenvalue weighted by atomic mass is 10.1. The van der Waals surface area contributed by atoms with Crippen LogP contribution in [0.4, 0.5) is 0 Å². The molecule has 1 aliphatic rings. The summed E-state index contributed by atoms with van der Waals surface area (Å²) in [5.41, 5.74) is 5.01. The molecule has 1 aliphatic carbocycles. The van der Waals surface area contributed by atoms with Crippen molar-refractivity contribution >= 4 is 41.2 Å². The van der Waals surface area contributed by atoms with E-state index >= 15 is 0 Å². The Balaban J connectivity index is 0.000000193. The highest BCUT2D eigenvalue weighted by molar-refractivity contribution is 6.32. The molecule has 1 fully saturated rings. The average molecular weight is 812 g/mol. The Hall–Kier alpha value is -5.98. The molecule has 294 valence electrons. The predicted octanol–water partition coefficient (Wildman–Crippen LogP) is 10.2. The Labute approximate surface area is 339 Å². The van der Waals surface area contributed by atoms with E-state index < -0.39 is 5.97 Å². The van der Waals surface area contributed by atoms with E-state index in [0.29, 0.717) is 45.0 Å². The van der Waals surface area contributed by atoms with E-state index in [1.807, 2.05) is 88.4 Å². The fraction of sp³-hybridized carbons (Fsp3) is 0.256. The van der Waals surface area contributed by atoms with Crippen molar-refractivity contribution in [1.29, 1.82) is 0 Å². The van der Waals surface area contributed by atoms with Crippen molar-refractivity contribution in [2.45, 2.75) is 52.2 Å². The van der Waals surface area contributed by atoms with Gasteiger partial charge in [-0.2, -0.15) is 9.97 Å². The molecule has 0 amide bonds. The number of benzene rings is 4. The third kappa shape index (κ3) is 10.5. The zero-order valence-corrected chi connectivity index (χ0v) is 33.6. The minimum Gasteiger partial charge on any atom is -0.489 e. The Bertz CT molecular complexity index is 2350. The van der Waals surface area contributed by atoms with Crippen LogP contribution >= 0.6 is 23.2 Å². The third-order valence-electron chi connectivity index (χ3n) is 8.61. The molecule has 1 saturated carbocycles. The largest absolute Gasteiger partial charge is 0.489 e. The first kappa shape index (κ1) is 40.7. The molecule has 2 heterocycles. The van der Waals surface area contributed by atoms with Gasteiger partial charge in [0.25, 0.3) is 11.8 Å². The lowest BCUT2D eigenvalue weighted by molar-refractivity contribution is -0.142. The Kier molecular flexibility index (Phi) is 13.1. The first-order chi connectivity index (χ1) is 27.4. The number of carbonyl (C=O) groups is 2. The summed E-state index contributed by atoms with van der Waals surface area (Å²) in [6, 6.07) is 25.9. The monoisotopic (exact) mass is 810 g/mol. The van der Waals surface area contributed by atoms with Crippen LogP contribution in [0.1, 0.15) is 51.2 Å². The second kappa shape index (κ2) is 18.3. The van der Waals surface area contributed by atoms with Crippen molar-refractivity contribution in [1.82, 2.24) is 20.3 Å². The summed E-state index contributed by atoms with van der Waals surface area (Å²) in [5.74, 6) is 2.56. The summed E-state index contributed by atoms with van der Waals surface area (Å²) in [4.78, 5) is 31.7. The number of carbonyl (C=O) groups excluding carboxylic acids is 2. The van der Waals surface area contributed by atoms with Gasteiger partial charge in [0.1, 0.15) is 11.5 Å². The van der Waals surface area contributed by atoms with Crippen molar-refractivity contribution < 1.29 is 37.6 Å². The van der Waals surface area contributed by atoms with Gasteiger partial charge < -0.3 is 28.0 Å². The zero-order valence-electron chi connectivity index (χ0n) is 32.1. The molecule has 7 rings (SSSR count). The van der Waals surface area contributed by atoms with Crippen molar-refractivity contribution in [3.8, 4) is 57.2 Å². The summed E-state index contributed by atoms with van der Waals surface area (Å²) in [6.07, 6.45) is 3.92. The molecule has 12 nitrogen and oxygen atoms in total. The highest BCUT2D eigenvalue weighted by Crippen LogP contribution is 2.48. The molecule has 0 saturated heterocycles. The van der Waals surface area contributed by atoms with Gasteiger partial charge in [-0.3, -0.25) is 4.79 Å². The topological polar surface area (TPSA) is 149 Å². The van der Waals surface area contributed by atoms with Gasteiger partial charge in [0.2, 0.25) is 11.6 Å². The third-order valence-corrected chi connectivity index (χ3v) is 9.20. The zero-order chi connectivity index (χ0) is 40.6. The van der Waals surface area contributed by atoms with E-state index in [4.69, 9.17) is 46.5 Å².